The van der Waals surface area contributed by atoms with Crippen molar-refractivity contribution in [2.24, 2.45) is 0 Å². The van der Waals surface area contributed by atoms with Gasteiger partial charge in [-0.05, 0) is 13.3 Å². The van der Waals surface area contributed by atoms with E-state index in [0.29, 0.717) is 12.1 Å². The number of aromatic hydroxyl groups is 1. The summed E-state index contributed by atoms with van der Waals surface area (Å²) in [6.07, 6.45) is 2.16. The molecule has 0 aliphatic carbocycles. The highest BCUT2D eigenvalue weighted by Gasteiger charge is 2.10. The predicted molar refractivity (Wildman–Crippen MR) is 52.1 cm³/mol. The maximum Gasteiger partial charge on any atom is 0.268 e. The lowest BCUT2D eigenvalue weighted by Gasteiger charge is -2.07. The molecule has 74 valence electrons. The van der Waals surface area contributed by atoms with Crippen LogP contribution >= 0.6 is 0 Å². The smallest absolute Gasteiger partial charge is 0.268 e. The third-order valence-corrected chi connectivity index (χ3v) is 2.09. The Kier molecular flexibility index (Phi) is 2.92. The Balaban J connectivity index is 3.45. The molecule has 4 heteroatoms. The normalized spacial score (nSPS) is 9.79. The van der Waals surface area contributed by atoms with Gasteiger partial charge in [0.05, 0.1) is 0 Å². The average molecular weight is 192 g/mol. The molecule has 0 saturated carbocycles. The molecule has 14 heavy (non-hydrogen) atoms. The van der Waals surface area contributed by atoms with Crippen molar-refractivity contribution in [3.8, 4) is 11.8 Å². The molecule has 0 atom stereocenters. The van der Waals surface area contributed by atoms with Gasteiger partial charge in [0.15, 0.2) is 0 Å². The van der Waals surface area contributed by atoms with Crippen molar-refractivity contribution in [1.29, 1.82) is 5.26 Å². The highest BCUT2D eigenvalue weighted by atomic mass is 16.3. The van der Waals surface area contributed by atoms with Crippen molar-refractivity contribution in [1.82, 2.24) is 4.57 Å². The first-order chi connectivity index (χ1) is 6.61. The molecule has 0 unspecified atom stereocenters. The van der Waals surface area contributed by atoms with Crippen LogP contribution in [0.15, 0.2) is 11.0 Å². The van der Waals surface area contributed by atoms with E-state index in [2.05, 4.69) is 0 Å². The Morgan fingerprint density at radius 1 is 1.64 bits per heavy atom. The average Bonchev–Trinajstić information content (AvgIpc) is 2.16. The van der Waals surface area contributed by atoms with Crippen LogP contribution in [0.2, 0.25) is 0 Å². The molecule has 0 amide bonds. The lowest BCUT2D eigenvalue weighted by Crippen LogP contribution is -2.22. The van der Waals surface area contributed by atoms with Gasteiger partial charge in [0, 0.05) is 18.3 Å². The van der Waals surface area contributed by atoms with Crippen LogP contribution in [0, 0.1) is 18.3 Å². The van der Waals surface area contributed by atoms with E-state index in [-0.39, 0.29) is 16.9 Å². The first kappa shape index (κ1) is 10.3. The van der Waals surface area contributed by atoms with E-state index in [1.54, 1.807) is 6.92 Å². The summed E-state index contributed by atoms with van der Waals surface area (Å²) < 4.78 is 1.36. The number of nitriles is 1. The summed E-state index contributed by atoms with van der Waals surface area (Å²) in [7, 11) is 0. The first-order valence-corrected chi connectivity index (χ1v) is 4.45. The van der Waals surface area contributed by atoms with Gasteiger partial charge >= 0.3 is 0 Å². The summed E-state index contributed by atoms with van der Waals surface area (Å²) in [5, 5.41) is 18.2. The Labute approximate surface area is 82.0 Å². The molecule has 0 saturated heterocycles. The molecule has 0 fully saturated rings. The minimum absolute atomic E-state index is 0.00500. The molecule has 0 aliphatic heterocycles. The maximum atomic E-state index is 11.6. The Morgan fingerprint density at radius 2 is 2.29 bits per heavy atom. The summed E-state index contributed by atoms with van der Waals surface area (Å²) in [6, 6.07) is 1.81. The lowest BCUT2D eigenvalue weighted by molar-refractivity contribution is 0.458. The van der Waals surface area contributed by atoms with Crippen molar-refractivity contribution in [3.05, 3.63) is 27.7 Å². The summed E-state index contributed by atoms with van der Waals surface area (Å²) in [5.41, 5.74) is 0.0490. The second-order valence-electron chi connectivity index (χ2n) is 3.12. The van der Waals surface area contributed by atoms with Crippen LogP contribution in [-0.2, 0) is 6.54 Å². The molecule has 0 spiro atoms. The molecule has 1 rings (SSSR count). The van der Waals surface area contributed by atoms with Crippen LogP contribution in [-0.4, -0.2) is 9.67 Å². The van der Waals surface area contributed by atoms with E-state index < -0.39 is 0 Å². The molecule has 0 aliphatic rings. The quantitative estimate of drug-likeness (QED) is 0.764. The zero-order chi connectivity index (χ0) is 10.7. The molecule has 4 nitrogen and oxygen atoms in total. The van der Waals surface area contributed by atoms with Gasteiger partial charge in [-0.25, -0.2) is 0 Å². The topological polar surface area (TPSA) is 66.0 Å². The fraction of sp³-hybridized carbons (Fsp3) is 0.400. The number of hydrogen-bond donors (Lipinski definition) is 1. The van der Waals surface area contributed by atoms with Crippen molar-refractivity contribution in [2.45, 2.75) is 26.8 Å². The van der Waals surface area contributed by atoms with E-state index in [0.717, 1.165) is 6.42 Å². The third kappa shape index (κ3) is 1.62. The SMILES string of the molecule is CCCn1cc(O)c(C)c(C#N)c1=O. The van der Waals surface area contributed by atoms with E-state index in [4.69, 9.17) is 5.26 Å². The summed E-state index contributed by atoms with van der Waals surface area (Å²) in [4.78, 5) is 11.6. The summed E-state index contributed by atoms with van der Waals surface area (Å²) in [5.74, 6) is -0.00500. The van der Waals surface area contributed by atoms with Gasteiger partial charge < -0.3 is 9.67 Å². The largest absolute Gasteiger partial charge is 0.506 e. The predicted octanol–water partition coefficient (Wildman–Crippen LogP) is 1.14. The molecule has 0 bridgehead atoms. The van der Waals surface area contributed by atoms with Gasteiger partial charge in [0.1, 0.15) is 17.4 Å². The molecule has 0 aromatic carbocycles. The minimum atomic E-state index is -0.329. The van der Waals surface area contributed by atoms with Gasteiger partial charge in [-0.1, -0.05) is 6.92 Å². The van der Waals surface area contributed by atoms with Crippen molar-refractivity contribution in [3.63, 3.8) is 0 Å². The van der Waals surface area contributed by atoms with Crippen LogP contribution in [0.25, 0.3) is 0 Å². The Bertz CT molecular complexity index is 441. The van der Waals surface area contributed by atoms with Gasteiger partial charge in [-0.3, -0.25) is 4.79 Å². The first-order valence-electron chi connectivity index (χ1n) is 4.45. The third-order valence-electron chi connectivity index (χ3n) is 2.09. The molecular formula is C10H12N2O2. The fourth-order valence-corrected chi connectivity index (χ4v) is 1.27. The summed E-state index contributed by atoms with van der Waals surface area (Å²) >= 11 is 0. The zero-order valence-electron chi connectivity index (χ0n) is 8.24. The Morgan fingerprint density at radius 3 is 2.79 bits per heavy atom. The summed E-state index contributed by atoms with van der Waals surface area (Å²) in [6.45, 7) is 4.00. The zero-order valence-corrected chi connectivity index (χ0v) is 8.24. The van der Waals surface area contributed by atoms with E-state index >= 15 is 0 Å². The van der Waals surface area contributed by atoms with Crippen LogP contribution in [0.1, 0.15) is 24.5 Å². The van der Waals surface area contributed by atoms with Gasteiger partial charge in [0.2, 0.25) is 0 Å². The molecule has 1 heterocycles. The lowest BCUT2D eigenvalue weighted by atomic mass is 10.1. The monoisotopic (exact) mass is 192 g/mol. The van der Waals surface area contributed by atoms with Crippen LogP contribution < -0.4 is 5.56 Å². The van der Waals surface area contributed by atoms with Crippen LogP contribution in [0.4, 0.5) is 0 Å². The number of aryl methyl sites for hydroxylation is 1. The molecule has 1 N–H and O–H groups in total. The van der Waals surface area contributed by atoms with Crippen molar-refractivity contribution in [2.75, 3.05) is 0 Å². The van der Waals surface area contributed by atoms with Crippen LogP contribution in [0.5, 0.6) is 5.75 Å². The van der Waals surface area contributed by atoms with E-state index in [9.17, 15) is 9.90 Å². The van der Waals surface area contributed by atoms with Gasteiger partial charge in [-0.2, -0.15) is 5.26 Å². The van der Waals surface area contributed by atoms with Gasteiger partial charge in [-0.15, -0.1) is 0 Å². The second kappa shape index (κ2) is 3.97. The van der Waals surface area contributed by atoms with Crippen molar-refractivity contribution < 1.29 is 5.11 Å². The second-order valence-corrected chi connectivity index (χ2v) is 3.12. The standard InChI is InChI=1S/C10H12N2O2/c1-3-4-12-6-9(13)7(2)8(5-11)10(12)14/h6,13H,3-4H2,1-2H3. The number of rotatable bonds is 2. The number of pyridine rings is 1. The Hall–Kier alpha value is -1.76. The van der Waals surface area contributed by atoms with Crippen molar-refractivity contribution >= 4 is 0 Å². The van der Waals surface area contributed by atoms with Gasteiger partial charge in [0.25, 0.3) is 5.56 Å². The number of nitrogens with zero attached hydrogens (tertiary/aromatic N) is 2. The number of aromatic nitrogens is 1. The highest BCUT2D eigenvalue weighted by molar-refractivity contribution is 5.42. The molecule has 1 aromatic rings. The molecule has 0 radical (unpaired) electrons. The number of hydrogen-bond acceptors (Lipinski definition) is 3. The molecule has 1 aromatic heterocycles. The van der Waals surface area contributed by atoms with Crippen LogP contribution in [0.3, 0.4) is 0 Å². The maximum absolute atomic E-state index is 11.6. The van der Waals surface area contributed by atoms with E-state index in [1.165, 1.54) is 10.8 Å². The highest BCUT2D eigenvalue weighted by Crippen LogP contribution is 2.15. The van der Waals surface area contributed by atoms with E-state index in [1.807, 2.05) is 13.0 Å². The minimum Gasteiger partial charge on any atom is -0.506 e. The molecular weight excluding hydrogens is 180 g/mol. The fourth-order valence-electron chi connectivity index (χ4n) is 1.27.